The van der Waals surface area contributed by atoms with E-state index in [2.05, 4.69) is 25.2 Å². The topological polar surface area (TPSA) is 61.8 Å². The van der Waals surface area contributed by atoms with E-state index in [1.165, 1.54) is 12.8 Å². The summed E-state index contributed by atoms with van der Waals surface area (Å²) in [4.78, 5) is 0. The van der Waals surface area contributed by atoms with Crippen LogP contribution in [0, 0.1) is 16.7 Å². The van der Waals surface area contributed by atoms with E-state index in [4.69, 9.17) is 11.0 Å². The van der Waals surface area contributed by atoms with Crippen LogP contribution in [0.3, 0.4) is 0 Å². The molecule has 3 nitrogen and oxygen atoms in total. The molecule has 0 heterocycles. The van der Waals surface area contributed by atoms with Crippen LogP contribution in [0.15, 0.2) is 0 Å². The highest BCUT2D eigenvalue weighted by Gasteiger charge is 2.22. The number of rotatable bonds is 5. The molecule has 0 saturated heterocycles. The van der Waals surface area contributed by atoms with E-state index in [-0.39, 0.29) is 5.41 Å². The van der Waals surface area contributed by atoms with Crippen molar-refractivity contribution in [2.75, 3.05) is 6.54 Å². The van der Waals surface area contributed by atoms with Crippen molar-refractivity contribution >= 4 is 0 Å². The molecular formula is C13H25N3. The highest BCUT2D eigenvalue weighted by Crippen LogP contribution is 2.23. The van der Waals surface area contributed by atoms with Gasteiger partial charge in [-0.15, -0.1) is 0 Å². The molecule has 1 fully saturated rings. The van der Waals surface area contributed by atoms with Gasteiger partial charge in [-0.1, -0.05) is 13.8 Å². The highest BCUT2D eigenvalue weighted by atomic mass is 14.9. The Balaban J connectivity index is 2.20. The summed E-state index contributed by atoms with van der Waals surface area (Å²) in [6, 6.07) is 3.28. The molecule has 0 bridgehead atoms. The van der Waals surface area contributed by atoms with E-state index < -0.39 is 0 Å². The van der Waals surface area contributed by atoms with Crippen LogP contribution in [-0.2, 0) is 0 Å². The fraction of sp³-hybridized carbons (Fsp3) is 0.923. The molecule has 1 rings (SSSR count). The lowest BCUT2D eigenvalue weighted by molar-refractivity contribution is 0.267. The van der Waals surface area contributed by atoms with Gasteiger partial charge < -0.3 is 11.1 Å². The second-order valence-corrected chi connectivity index (χ2v) is 5.81. The van der Waals surface area contributed by atoms with Crippen LogP contribution in [-0.4, -0.2) is 18.6 Å². The Morgan fingerprint density at radius 3 is 2.50 bits per heavy atom. The Morgan fingerprint density at radius 1 is 1.31 bits per heavy atom. The van der Waals surface area contributed by atoms with Gasteiger partial charge in [-0.05, 0) is 37.5 Å². The molecule has 0 atom stereocenters. The maximum atomic E-state index is 8.59. The molecule has 1 aliphatic carbocycles. The second-order valence-electron chi connectivity index (χ2n) is 5.81. The molecule has 0 aromatic carbocycles. The minimum Gasteiger partial charge on any atom is -0.328 e. The predicted octanol–water partition coefficient (Wildman–Crippen LogP) is 2.18. The summed E-state index contributed by atoms with van der Waals surface area (Å²) in [7, 11) is 0. The van der Waals surface area contributed by atoms with Gasteiger partial charge in [0.15, 0.2) is 0 Å². The minimum atomic E-state index is 0.231. The molecule has 0 aliphatic heterocycles. The van der Waals surface area contributed by atoms with Gasteiger partial charge in [0.05, 0.1) is 6.07 Å². The van der Waals surface area contributed by atoms with E-state index in [0.717, 1.165) is 25.8 Å². The molecule has 0 unspecified atom stereocenters. The first-order chi connectivity index (χ1) is 7.53. The van der Waals surface area contributed by atoms with E-state index in [1.54, 1.807) is 0 Å². The van der Waals surface area contributed by atoms with Crippen molar-refractivity contribution < 1.29 is 0 Å². The molecule has 1 saturated carbocycles. The number of nitrogens with two attached hydrogens (primary N) is 1. The Kier molecular flexibility index (Phi) is 5.24. The fourth-order valence-electron chi connectivity index (χ4n) is 2.23. The van der Waals surface area contributed by atoms with Gasteiger partial charge in [-0.2, -0.15) is 5.26 Å². The molecule has 3 heteroatoms. The molecule has 92 valence electrons. The molecule has 0 aromatic heterocycles. The van der Waals surface area contributed by atoms with Gasteiger partial charge in [0.1, 0.15) is 0 Å². The summed E-state index contributed by atoms with van der Waals surface area (Å²) in [6.45, 7) is 5.46. The summed E-state index contributed by atoms with van der Waals surface area (Å²) in [5.74, 6) is 0. The molecule has 16 heavy (non-hydrogen) atoms. The third-order valence-corrected chi connectivity index (χ3v) is 3.55. The second kappa shape index (κ2) is 6.22. The third kappa shape index (κ3) is 4.96. The van der Waals surface area contributed by atoms with E-state index in [0.29, 0.717) is 18.5 Å². The van der Waals surface area contributed by atoms with Crippen LogP contribution >= 0.6 is 0 Å². The maximum Gasteiger partial charge on any atom is 0.0621 e. The minimum absolute atomic E-state index is 0.231. The zero-order valence-electron chi connectivity index (χ0n) is 10.6. The highest BCUT2D eigenvalue weighted by molar-refractivity contribution is 4.83. The zero-order valence-corrected chi connectivity index (χ0v) is 10.6. The molecule has 0 aromatic rings. The van der Waals surface area contributed by atoms with Crippen LogP contribution in [0.25, 0.3) is 0 Å². The Labute approximate surface area is 99.4 Å². The van der Waals surface area contributed by atoms with Crippen LogP contribution in [0.1, 0.15) is 52.4 Å². The van der Waals surface area contributed by atoms with Crippen molar-refractivity contribution in [2.45, 2.75) is 64.5 Å². The average molecular weight is 223 g/mol. The van der Waals surface area contributed by atoms with Gasteiger partial charge >= 0.3 is 0 Å². The van der Waals surface area contributed by atoms with Crippen LogP contribution in [0.4, 0.5) is 0 Å². The number of nitrogens with zero attached hydrogens (tertiary/aromatic N) is 1. The van der Waals surface area contributed by atoms with Crippen LogP contribution < -0.4 is 11.1 Å². The normalized spacial score (nSPS) is 26.4. The van der Waals surface area contributed by atoms with Crippen molar-refractivity contribution in [2.24, 2.45) is 11.1 Å². The fourth-order valence-corrected chi connectivity index (χ4v) is 2.23. The summed E-state index contributed by atoms with van der Waals surface area (Å²) in [5.41, 5.74) is 6.11. The number of hydrogen-bond acceptors (Lipinski definition) is 3. The molecule has 1 aliphatic rings. The summed E-state index contributed by atoms with van der Waals surface area (Å²) in [5, 5.41) is 12.2. The monoisotopic (exact) mass is 223 g/mol. The summed E-state index contributed by atoms with van der Waals surface area (Å²) >= 11 is 0. The van der Waals surface area contributed by atoms with E-state index in [9.17, 15) is 0 Å². The van der Waals surface area contributed by atoms with Gasteiger partial charge in [-0.25, -0.2) is 0 Å². The maximum absolute atomic E-state index is 8.59. The SMILES string of the molecule is CC(C)(CCC#N)CNC1CCC(N)CC1. The van der Waals surface area contributed by atoms with Crippen molar-refractivity contribution in [1.29, 1.82) is 5.26 Å². The standard InChI is InChI=1S/C13H25N3/c1-13(2,8-3-9-14)10-16-12-6-4-11(15)5-7-12/h11-12,16H,3-8,10,15H2,1-2H3. The Morgan fingerprint density at radius 2 is 1.94 bits per heavy atom. The molecule has 0 amide bonds. The molecule has 3 N–H and O–H groups in total. The van der Waals surface area contributed by atoms with Crippen molar-refractivity contribution in [1.82, 2.24) is 5.32 Å². The van der Waals surface area contributed by atoms with Gasteiger partial charge in [0, 0.05) is 25.0 Å². The first kappa shape index (κ1) is 13.5. The lowest BCUT2D eigenvalue weighted by Gasteiger charge is -2.31. The van der Waals surface area contributed by atoms with Gasteiger partial charge in [0.25, 0.3) is 0 Å². The first-order valence-corrected chi connectivity index (χ1v) is 6.39. The Bertz CT molecular complexity index is 234. The summed E-state index contributed by atoms with van der Waals surface area (Å²) < 4.78 is 0. The van der Waals surface area contributed by atoms with E-state index in [1.807, 2.05) is 0 Å². The van der Waals surface area contributed by atoms with Crippen molar-refractivity contribution in [3.05, 3.63) is 0 Å². The molecule has 0 radical (unpaired) electrons. The third-order valence-electron chi connectivity index (χ3n) is 3.55. The van der Waals surface area contributed by atoms with E-state index >= 15 is 0 Å². The van der Waals surface area contributed by atoms with Crippen molar-refractivity contribution in [3.8, 4) is 6.07 Å². The van der Waals surface area contributed by atoms with Crippen LogP contribution in [0.5, 0.6) is 0 Å². The number of nitriles is 1. The number of hydrogen-bond donors (Lipinski definition) is 2. The van der Waals surface area contributed by atoms with Crippen LogP contribution in [0.2, 0.25) is 0 Å². The molecule has 0 spiro atoms. The van der Waals surface area contributed by atoms with Gasteiger partial charge in [0.2, 0.25) is 0 Å². The smallest absolute Gasteiger partial charge is 0.0621 e. The zero-order chi connectivity index (χ0) is 12.0. The average Bonchev–Trinajstić information content (AvgIpc) is 2.26. The molecular weight excluding hydrogens is 198 g/mol. The Hall–Kier alpha value is -0.590. The predicted molar refractivity (Wildman–Crippen MR) is 66.9 cm³/mol. The largest absolute Gasteiger partial charge is 0.328 e. The number of nitrogens with one attached hydrogen (secondary N) is 1. The van der Waals surface area contributed by atoms with Gasteiger partial charge in [-0.3, -0.25) is 0 Å². The lowest BCUT2D eigenvalue weighted by atomic mass is 9.86. The first-order valence-electron chi connectivity index (χ1n) is 6.39. The summed E-state index contributed by atoms with van der Waals surface area (Å²) in [6.07, 6.45) is 6.34. The van der Waals surface area contributed by atoms with Crippen molar-refractivity contribution in [3.63, 3.8) is 0 Å². The lowest BCUT2D eigenvalue weighted by Crippen LogP contribution is -2.41. The quantitative estimate of drug-likeness (QED) is 0.751.